The van der Waals surface area contributed by atoms with E-state index in [1.165, 1.54) is 37.4 Å². The molecule has 0 nitrogen and oxygen atoms in total. The molecule has 0 saturated heterocycles. The second-order valence-electron chi connectivity index (χ2n) is 4.91. The van der Waals surface area contributed by atoms with Crippen molar-refractivity contribution in [3.8, 4) is 0 Å². The minimum Gasteiger partial charge on any atom is -0.0803 e. The molecule has 86 valence electrons. The lowest BCUT2D eigenvalue weighted by Gasteiger charge is -2.35. The van der Waals surface area contributed by atoms with Crippen LogP contribution in [0.1, 0.15) is 40.0 Å². The van der Waals surface area contributed by atoms with Gasteiger partial charge in [-0.05, 0) is 5.54 Å². The van der Waals surface area contributed by atoms with Crippen molar-refractivity contribution in [3.63, 3.8) is 0 Å². The molecule has 0 atom stereocenters. The van der Waals surface area contributed by atoms with Crippen molar-refractivity contribution in [1.29, 1.82) is 0 Å². The lowest BCUT2D eigenvalue weighted by molar-refractivity contribution is 0.898. The van der Waals surface area contributed by atoms with Crippen molar-refractivity contribution in [3.05, 3.63) is 24.3 Å². The molecule has 0 radical (unpaired) electrons. The van der Waals surface area contributed by atoms with Crippen molar-refractivity contribution in [2.75, 3.05) is 0 Å². The van der Waals surface area contributed by atoms with Crippen LogP contribution in [0.3, 0.4) is 0 Å². The van der Waals surface area contributed by atoms with Crippen molar-refractivity contribution < 1.29 is 0 Å². The van der Waals surface area contributed by atoms with Gasteiger partial charge in [-0.15, -0.1) is 0 Å². The zero-order valence-electron chi connectivity index (χ0n) is 10.6. The maximum absolute atomic E-state index is 2.47. The van der Waals surface area contributed by atoms with Crippen LogP contribution in [0, 0.1) is 0 Å². The van der Waals surface area contributed by atoms with E-state index in [4.69, 9.17) is 0 Å². The van der Waals surface area contributed by atoms with Crippen LogP contribution in [0.5, 0.6) is 0 Å². The van der Waals surface area contributed by atoms with Gasteiger partial charge in [-0.25, -0.2) is 0 Å². The van der Waals surface area contributed by atoms with Gasteiger partial charge >= 0.3 is 0 Å². The summed E-state index contributed by atoms with van der Waals surface area (Å²) < 4.78 is 0. The molecule has 0 bridgehead atoms. The maximum atomic E-state index is 2.47. The van der Waals surface area contributed by atoms with Gasteiger partial charge in [0.15, 0.2) is 0 Å². The zero-order chi connectivity index (χ0) is 11.1. The second-order valence-corrected chi connectivity index (χ2v) is 9.80. The van der Waals surface area contributed by atoms with E-state index in [1.807, 2.05) is 0 Å². The van der Waals surface area contributed by atoms with Gasteiger partial charge in [0.2, 0.25) is 0 Å². The molecule has 1 rings (SSSR count). The van der Waals surface area contributed by atoms with Crippen LogP contribution in [0.4, 0.5) is 0 Å². The summed E-state index contributed by atoms with van der Waals surface area (Å²) >= 11 is 0. The van der Waals surface area contributed by atoms with Crippen LogP contribution in [0.25, 0.3) is 0 Å². The summed E-state index contributed by atoms with van der Waals surface area (Å²) in [7, 11) is -1.04. The van der Waals surface area contributed by atoms with E-state index in [-0.39, 0.29) is 0 Å². The molecule has 0 amide bonds. The minimum atomic E-state index is -1.04. The van der Waals surface area contributed by atoms with Gasteiger partial charge in [-0.1, -0.05) is 82.5 Å². The van der Waals surface area contributed by atoms with E-state index in [2.05, 4.69) is 45.1 Å². The molecular formula is C14H26Si. The third-order valence-electron chi connectivity index (χ3n) is 3.70. The molecule has 0 N–H and O–H groups in total. The summed E-state index contributed by atoms with van der Waals surface area (Å²) in [6.07, 6.45) is 13.6. The van der Waals surface area contributed by atoms with Crippen LogP contribution < -0.4 is 0 Å². The number of allylic oxidation sites excluding steroid dienone is 4. The van der Waals surface area contributed by atoms with Gasteiger partial charge in [-0.2, -0.15) is 0 Å². The van der Waals surface area contributed by atoms with E-state index < -0.39 is 8.07 Å². The third-order valence-corrected chi connectivity index (χ3v) is 9.99. The lowest BCUT2D eigenvalue weighted by atomic mass is 10.5. The Morgan fingerprint density at radius 3 is 1.53 bits per heavy atom. The van der Waals surface area contributed by atoms with E-state index in [0.717, 1.165) is 5.54 Å². The molecule has 1 heteroatoms. The zero-order valence-corrected chi connectivity index (χ0v) is 11.6. The Labute approximate surface area is 96.5 Å². The Hall–Kier alpha value is -0.303. The third kappa shape index (κ3) is 3.07. The molecule has 15 heavy (non-hydrogen) atoms. The summed E-state index contributed by atoms with van der Waals surface area (Å²) in [4.78, 5) is 0. The quantitative estimate of drug-likeness (QED) is 0.522. The molecule has 0 aromatic heterocycles. The molecule has 1 aliphatic carbocycles. The predicted molar refractivity (Wildman–Crippen MR) is 73.1 cm³/mol. The van der Waals surface area contributed by atoms with Crippen LogP contribution in [-0.4, -0.2) is 8.07 Å². The first-order valence-electron chi connectivity index (χ1n) is 6.64. The fourth-order valence-electron chi connectivity index (χ4n) is 3.21. The Morgan fingerprint density at radius 1 is 0.800 bits per heavy atom. The molecule has 0 unspecified atom stereocenters. The monoisotopic (exact) mass is 222 g/mol. The SMILES string of the molecule is CCC[Si](CCC)(CCC)C1C=CC=C1. The van der Waals surface area contributed by atoms with Crippen molar-refractivity contribution in [2.24, 2.45) is 0 Å². The fourth-order valence-corrected chi connectivity index (χ4v) is 8.98. The van der Waals surface area contributed by atoms with Crippen LogP contribution in [0.2, 0.25) is 23.7 Å². The van der Waals surface area contributed by atoms with Gasteiger partial charge in [0.25, 0.3) is 0 Å². The van der Waals surface area contributed by atoms with Crippen molar-refractivity contribution >= 4 is 8.07 Å². The van der Waals surface area contributed by atoms with Gasteiger partial charge in [-0.3, -0.25) is 0 Å². The molecule has 0 spiro atoms. The minimum absolute atomic E-state index is 0.845. The fraction of sp³-hybridized carbons (Fsp3) is 0.714. The van der Waals surface area contributed by atoms with Gasteiger partial charge in [0.1, 0.15) is 0 Å². The Kier molecular flexibility index (Phi) is 5.38. The molecule has 0 fully saturated rings. The van der Waals surface area contributed by atoms with Gasteiger partial charge in [0, 0.05) is 0 Å². The molecule has 0 heterocycles. The van der Waals surface area contributed by atoms with Crippen LogP contribution in [-0.2, 0) is 0 Å². The molecular weight excluding hydrogens is 196 g/mol. The first-order valence-corrected chi connectivity index (χ1v) is 9.34. The van der Waals surface area contributed by atoms with E-state index in [0.29, 0.717) is 0 Å². The van der Waals surface area contributed by atoms with Gasteiger partial charge < -0.3 is 0 Å². The predicted octanol–water partition coefficient (Wildman–Crippen LogP) is 5.16. The highest BCUT2D eigenvalue weighted by atomic mass is 28.3. The van der Waals surface area contributed by atoms with Gasteiger partial charge in [0.05, 0.1) is 8.07 Å². The number of hydrogen-bond donors (Lipinski definition) is 0. The Balaban J connectivity index is 2.78. The molecule has 1 aliphatic rings. The first kappa shape index (κ1) is 12.8. The summed E-state index contributed by atoms with van der Waals surface area (Å²) in [6, 6.07) is 4.57. The Morgan fingerprint density at radius 2 is 1.20 bits per heavy atom. The van der Waals surface area contributed by atoms with E-state index in [9.17, 15) is 0 Å². The van der Waals surface area contributed by atoms with E-state index in [1.54, 1.807) is 0 Å². The topological polar surface area (TPSA) is 0 Å². The summed E-state index contributed by atoms with van der Waals surface area (Å²) in [5.74, 6) is 0. The highest BCUT2D eigenvalue weighted by molar-refractivity contribution is 6.82. The number of hydrogen-bond acceptors (Lipinski definition) is 0. The second kappa shape index (κ2) is 6.32. The highest BCUT2D eigenvalue weighted by Crippen LogP contribution is 2.40. The largest absolute Gasteiger partial charge is 0.0803 e. The van der Waals surface area contributed by atoms with Crippen molar-refractivity contribution in [1.82, 2.24) is 0 Å². The maximum Gasteiger partial charge on any atom is 0.0649 e. The highest BCUT2D eigenvalue weighted by Gasteiger charge is 2.36. The van der Waals surface area contributed by atoms with Crippen LogP contribution in [0.15, 0.2) is 24.3 Å². The normalized spacial score (nSPS) is 16.5. The first-order chi connectivity index (χ1) is 7.29. The average Bonchev–Trinajstić information content (AvgIpc) is 2.72. The summed E-state index contributed by atoms with van der Waals surface area (Å²) in [5.41, 5.74) is 0.845. The Bertz CT molecular complexity index is 198. The smallest absolute Gasteiger partial charge is 0.0649 e. The summed E-state index contributed by atoms with van der Waals surface area (Å²) in [5, 5.41) is 0. The molecule has 0 saturated carbocycles. The molecule has 0 aromatic rings. The van der Waals surface area contributed by atoms with E-state index >= 15 is 0 Å². The summed E-state index contributed by atoms with van der Waals surface area (Å²) in [6.45, 7) is 7.07. The standard InChI is InChI=1S/C14H26Si/c1-4-11-15(12-5-2,13-6-3)14-9-7-8-10-14/h7-10,14H,4-6,11-13H2,1-3H3. The molecule has 0 aromatic carbocycles. The van der Waals surface area contributed by atoms with Crippen molar-refractivity contribution in [2.45, 2.75) is 63.7 Å². The van der Waals surface area contributed by atoms with Crippen LogP contribution >= 0.6 is 0 Å². The molecule has 0 aliphatic heterocycles. The number of rotatable bonds is 7. The average molecular weight is 222 g/mol. The lowest BCUT2D eigenvalue weighted by Crippen LogP contribution is -2.37.